The molecular weight excluding hydrogens is 1160 g/mol. The van der Waals surface area contributed by atoms with Crippen molar-refractivity contribution in [2.24, 2.45) is 11.1 Å². The third-order valence-electron chi connectivity index (χ3n) is 15.3. The van der Waals surface area contributed by atoms with Gasteiger partial charge in [-0.1, -0.05) is 55.5 Å². The summed E-state index contributed by atoms with van der Waals surface area (Å²) in [5.74, 6) is -3.42. The molecule has 0 spiro atoms. The Morgan fingerprint density at radius 2 is 1.32 bits per heavy atom. The van der Waals surface area contributed by atoms with E-state index in [-0.39, 0.29) is 86.8 Å². The number of phenols is 1. The topological polar surface area (TPSA) is 349 Å². The number of amides is 6. The van der Waals surface area contributed by atoms with Gasteiger partial charge in [0.15, 0.2) is 17.9 Å². The number of likely N-dealkylation sites (N-methyl/N-ethyl adjacent to an activating group) is 1. The molecule has 25 heteroatoms. The van der Waals surface area contributed by atoms with Crippen molar-refractivity contribution >= 4 is 81.1 Å². The number of benzene rings is 3. The Balaban J connectivity index is 1.17. The number of aromatic hydroxyl groups is 1. The van der Waals surface area contributed by atoms with Crippen LogP contribution in [0.3, 0.4) is 0 Å². The number of hydrogen-bond acceptors (Lipinski definition) is 16. The molecule has 3 aromatic carbocycles. The van der Waals surface area contributed by atoms with Gasteiger partial charge < -0.3 is 80.0 Å². The Labute approximate surface area is 494 Å². The number of guanidine groups is 1. The molecule has 0 saturated carbocycles. The Bertz CT molecular complexity index is 2610. The molecule has 7 rings (SSSR count). The first-order chi connectivity index (χ1) is 39.4. The van der Waals surface area contributed by atoms with Gasteiger partial charge in [-0.15, -0.1) is 0 Å². The highest BCUT2D eigenvalue weighted by atomic mass is 127. The summed E-state index contributed by atoms with van der Waals surface area (Å²) in [6.45, 7) is 10.8. The van der Waals surface area contributed by atoms with E-state index in [0.29, 0.717) is 54.4 Å². The molecule has 0 aromatic heterocycles. The highest BCUT2D eigenvalue weighted by Crippen LogP contribution is 2.26. The van der Waals surface area contributed by atoms with Gasteiger partial charge in [-0.3, -0.25) is 43.9 Å². The molecule has 6 amide bonds. The summed E-state index contributed by atoms with van der Waals surface area (Å²) in [6.07, 6.45) is 2.06. The number of nitrogens with zero attached hydrogens (tertiary/aromatic N) is 1. The normalized spacial score (nSPS) is 25.2. The van der Waals surface area contributed by atoms with Crippen LogP contribution in [0.2, 0.25) is 0 Å². The molecule has 4 aliphatic heterocycles. The molecule has 17 N–H and O–H groups in total. The molecule has 450 valence electrons. The first-order valence-electron chi connectivity index (χ1n) is 28.6. The average Bonchev–Trinajstić information content (AvgIpc) is 3.45. The van der Waals surface area contributed by atoms with E-state index >= 15 is 0 Å². The third-order valence-corrected chi connectivity index (χ3v) is 16.1. The van der Waals surface area contributed by atoms with Gasteiger partial charge in [-0.25, -0.2) is 0 Å². The van der Waals surface area contributed by atoms with Crippen molar-refractivity contribution in [3.05, 3.63) is 75.4 Å². The Hall–Kier alpha value is -6.07. The lowest BCUT2D eigenvalue weighted by atomic mass is 9.90. The Kier molecular flexibility index (Phi) is 25.9. The monoisotopic (exact) mass is 1250 g/mol. The molecule has 0 aliphatic carbocycles. The highest BCUT2D eigenvalue weighted by molar-refractivity contribution is 14.1. The van der Waals surface area contributed by atoms with Gasteiger partial charge in [-0.2, -0.15) is 0 Å². The first kappa shape index (κ1) is 65.1. The number of nitrogens with two attached hydrogens (primary N) is 1. The van der Waals surface area contributed by atoms with E-state index in [0.717, 1.165) is 75.2 Å². The van der Waals surface area contributed by atoms with Gasteiger partial charge in [-0.05, 0) is 102 Å². The summed E-state index contributed by atoms with van der Waals surface area (Å²) >= 11 is 1.95. The van der Waals surface area contributed by atoms with Crippen LogP contribution in [-0.2, 0) is 46.4 Å². The van der Waals surface area contributed by atoms with Gasteiger partial charge in [0.25, 0.3) is 0 Å². The molecule has 0 unspecified atom stereocenters. The minimum Gasteiger partial charge on any atom is -0.507 e. The zero-order valence-electron chi connectivity index (χ0n) is 47.5. The van der Waals surface area contributed by atoms with Crippen LogP contribution in [0.15, 0.2) is 60.7 Å². The van der Waals surface area contributed by atoms with Crippen molar-refractivity contribution in [2.75, 3.05) is 105 Å². The molecule has 4 atom stereocenters. The van der Waals surface area contributed by atoms with E-state index in [1.54, 1.807) is 12.1 Å². The van der Waals surface area contributed by atoms with Crippen molar-refractivity contribution in [3.63, 3.8) is 0 Å². The van der Waals surface area contributed by atoms with Crippen molar-refractivity contribution in [2.45, 2.75) is 100 Å². The van der Waals surface area contributed by atoms with Crippen LogP contribution in [-0.4, -0.2) is 192 Å². The van der Waals surface area contributed by atoms with E-state index in [1.807, 2.05) is 65.1 Å². The molecule has 24 nitrogen and oxygen atoms in total. The fourth-order valence-corrected chi connectivity index (χ4v) is 11.2. The summed E-state index contributed by atoms with van der Waals surface area (Å²) < 4.78 is 0.476. The number of unbranched alkanes of at least 4 members (excludes halogenated alkanes) is 1. The molecular formula is C57H87IN16O8. The second kappa shape index (κ2) is 32.7. The second-order valence-electron chi connectivity index (χ2n) is 22.3. The molecule has 0 radical (unpaired) electrons. The van der Waals surface area contributed by atoms with Crippen LogP contribution in [0.4, 0.5) is 0 Å². The van der Waals surface area contributed by atoms with Crippen molar-refractivity contribution in [1.29, 1.82) is 5.41 Å². The number of hydrogen-bond donors (Lipinski definition) is 16. The fourth-order valence-electron chi connectivity index (χ4n) is 10.6. The predicted molar refractivity (Wildman–Crippen MR) is 324 cm³/mol. The van der Waals surface area contributed by atoms with Crippen molar-refractivity contribution in [1.82, 2.24) is 74.0 Å². The lowest BCUT2D eigenvalue weighted by molar-refractivity contribution is -0.141. The summed E-state index contributed by atoms with van der Waals surface area (Å²) in [5.41, 5.74) is 4.25. The highest BCUT2D eigenvalue weighted by Gasteiger charge is 2.44. The van der Waals surface area contributed by atoms with E-state index in [2.05, 4.69) is 76.0 Å². The summed E-state index contributed by atoms with van der Waals surface area (Å²) in [5, 5.41) is 61.5. The van der Waals surface area contributed by atoms with Gasteiger partial charge >= 0.3 is 0 Å². The van der Waals surface area contributed by atoms with E-state index < -0.39 is 59.5 Å². The van der Waals surface area contributed by atoms with Gasteiger partial charge in [0.05, 0.1) is 21.7 Å². The molecule has 4 aliphatic rings. The quantitative estimate of drug-likeness (QED) is 0.0213. The van der Waals surface area contributed by atoms with Gasteiger partial charge in [0.1, 0.15) is 17.8 Å². The maximum absolute atomic E-state index is 15.0. The molecule has 4 saturated heterocycles. The molecule has 82 heavy (non-hydrogen) atoms. The van der Waals surface area contributed by atoms with Crippen LogP contribution in [0.5, 0.6) is 5.75 Å². The Morgan fingerprint density at radius 1 is 0.720 bits per heavy atom. The lowest BCUT2D eigenvalue weighted by Gasteiger charge is -2.42. The first-order valence-corrected chi connectivity index (χ1v) is 29.7. The van der Waals surface area contributed by atoms with Crippen LogP contribution < -0.4 is 74.9 Å². The summed E-state index contributed by atoms with van der Waals surface area (Å²) in [4.78, 5) is 99.9. The zero-order valence-corrected chi connectivity index (χ0v) is 49.6. The number of phenolic OH excluding ortho intramolecular Hbond substituents is 1. The van der Waals surface area contributed by atoms with Crippen LogP contribution >= 0.6 is 22.6 Å². The number of fused-ring (bicyclic) bond motifs is 16. The van der Waals surface area contributed by atoms with E-state index in [1.165, 1.54) is 18.0 Å². The maximum atomic E-state index is 15.0. The number of carbonyl (C=O) groups excluding carboxylic acids is 7. The third kappa shape index (κ3) is 20.7. The van der Waals surface area contributed by atoms with Crippen LogP contribution in [0.1, 0.15) is 69.4 Å². The van der Waals surface area contributed by atoms with Crippen molar-refractivity contribution in [3.8, 4) is 5.75 Å². The zero-order chi connectivity index (χ0) is 59.0. The smallest absolute Gasteiger partial charge is 0.243 e. The van der Waals surface area contributed by atoms with E-state index in [9.17, 15) is 38.7 Å². The minimum atomic E-state index is -1.92. The number of carbonyl (C=O) groups is 7. The fraction of sp³-hybridized carbons (Fsp3) is 0.579. The van der Waals surface area contributed by atoms with Crippen LogP contribution in [0.25, 0.3) is 10.8 Å². The molecule has 4 fully saturated rings. The predicted octanol–water partition coefficient (Wildman–Crippen LogP) is -1.51. The standard InChI is InChI=1S/C57H87IN16O8/c1-55-32-61-21-24-64-35-56(36-65-25-22-62-33-55,37-66-26-23-63-34-55)72-49(78)14-7-13-48(77)67-20-8-12-46-53(82)70-44(11-5-6-19-68-54(59)60)52(81)71-45(29-39-15-17-41-9-3-4-10-42(41)27-39)51(80)69-31-50(79)73-57(38-75,74(46)2)30-40-16-18-47(76)43(58)28-40/h3-4,9-10,15-18,27-28,38,44-46,61-66,76H,5-8,11-14,19-26,29-37H2,1-2H3,(H,67,77)(H,69,80)(H,70,82)(H,71,81)(H,72,78)(H,73,79)(H4,59,60,68)/t44-,45-,46+,55?,56?,57+/m0/s1. The molecule has 3 aromatic rings. The van der Waals surface area contributed by atoms with Crippen molar-refractivity contribution < 1.29 is 38.7 Å². The number of rotatable bonds is 19. The molecule has 4 heterocycles. The van der Waals surface area contributed by atoms with E-state index in [4.69, 9.17) is 11.1 Å². The SMILES string of the molecule is CN1[C@H](CCCNC(=O)CCCC(=O)NC23CNCCNCC(C)(CNCCNC2)CNCCNC3)C(=O)N[C@@H](CCCCNC(=N)N)C(=O)N[C@@H](Cc2ccc3ccccc3c2)C(=O)NCC(=O)N[C@]1(C=O)Cc1ccc(O)c(I)c1. The van der Waals surface area contributed by atoms with Gasteiger partial charge in [0.2, 0.25) is 35.4 Å². The average molecular weight is 1250 g/mol. The minimum absolute atomic E-state index is 0.00383. The number of aldehydes is 1. The van der Waals surface area contributed by atoms with Crippen LogP contribution in [0, 0.1) is 14.4 Å². The maximum Gasteiger partial charge on any atom is 0.243 e. The Morgan fingerprint density at radius 3 is 1.95 bits per heavy atom. The number of halogens is 1. The number of nitrogens with one attached hydrogen (secondary N) is 14. The second-order valence-corrected chi connectivity index (χ2v) is 23.4. The lowest BCUT2D eigenvalue weighted by Crippen LogP contribution is -2.68. The summed E-state index contributed by atoms with van der Waals surface area (Å²) in [7, 11) is 1.51. The largest absolute Gasteiger partial charge is 0.507 e. The molecule has 2 bridgehead atoms. The summed E-state index contributed by atoms with van der Waals surface area (Å²) in [6, 6.07) is 14.5. The van der Waals surface area contributed by atoms with Gasteiger partial charge in [0, 0.05) is 123 Å².